The molecule has 0 unspecified atom stereocenters. The van der Waals surface area contributed by atoms with Gasteiger partial charge in [0.25, 0.3) is 5.69 Å². The summed E-state index contributed by atoms with van der Waals surface area (Å²) in [6.07, 6.45) is 5.03. The van der Waals surface area contributed by atoms with Crippen LogP contribution < -0.4 is 4.74 Å². The number of methoxy groups -OCH3 is 1. The number of phenols is 1. The summed E-state index contributed by atoms with van der Waals surface area (Å²) >= 11 is 0. The molecule has 0 bridgehead atoms. The molecule has 128 valence electrons. The fourth-order valence-electron chi connectivity index (χ4n) is 1.98. The molecule has 0 radical (unpaired) electrons. The second-order valence-electron chi connectivity index (χ2n) is 4.96. The van der Waals surface area contributed by atoms with E-state index in [2.05, 4.69) is 0 Å². The van der Waals surface area contributed by atoms with Crippen LogP contribution in [0.15, 0.2) is 48.6 Å². The fourth-order valence-corrected chi connectivity index (χ4v) is 1.98. The number of rotatable bonds is 6. The van der Waals surface area contributed by atoms with Crippen molar-refractivity contribution in [2.24, 2.45) is 0 Å². The smallest absolute Gasteiger partial charge is 0.270 e. The van der Waals surface area contributed by atoms with Crippen LogP contribution in [-0.4, -0.2) is 22.9 Å². The van der Waals surface area contributed by atoms with Gasteiger partial charge in [-0.1, -0.05) is 12.1 Å². The number of halogens is 1. The van der Waals surface area contributed by atoms with E-state index >= 15 is 0 Å². The maximum Gasteiger partial charge on any atom is 0.270 e. The number of allylic oxidation sites excluding steroid dienone is 2. The van der Waals surface area contributed by atoms with E-state index in [1.807, 2.05) is 0 Å². The van der Waals surface area contributed by atoms with Crippen LogP contribution in [-0.2, 0) is 4.79 Å². The Morgan fingerprint density at radius 2 is 1.92 bits per heavy atom. The molecule has 6 nitrogen and oxygen atoms in total. The monoisotopic (exact) mass is 343 g/mol. The van der Waals surface area contributed by atoms with Crippen LogP contribution in [0.5, 0.6) is 11.5 Å². The lowest BCUT2D eigenvalue weighted by Crippen LogP contribution is -1.91. The van der Waals surface area contributed by atoms with Crippen LogP contribution in [0, 0.1) is 15.9 Å². The molecule has 0 heterocycles. The van der Waals surface area contributed by atoms with E-state index in [1.165, 1.54) is 31.4 Å². The van der Waals surface area contributed by atoms with Gasteiger partial charge in [0.1, 0.15) is 5.82 Å². The lowest BCUT2D eigenvalue weighted by Gasteiger charge is -2.03. The Morgan fingerprint density at radius 1 is 1.20 bits per heavy atom. The molecule has 25 heavy (non-hydrogen) atoms. The third-order valence-corrected chi connectivity index (χ3v) is 3.26. The predicted molar refractivity (Wildman–Crippen MR) is 90.8 cm³/mol. The van der Waals surface area contributed by atoms with E-state index in [4.69, 9.17) is 4.74 Å². The van der Waals surface area contributed by atoms with Crippen molar-refractivity contribution in [1.82, 2.24) is 0 Å². The van der Waals surface area contributed by atoms with Crippen LogP contribution in [0.3, 0.4) is 0 Å². The van der Waals surface area contributed by atoms with E-state index in [0.717, 1.165) is 24.3 Å². The molecule has 1 N–H and O–H groups in total. The zero-order chi connectivity index (χ0) is 18.4. The molecule has 0 aliphatic rings. The Bertz CT molecular complexity index is 874. The highest BCUT2D eigenvalue weighted by Crippen LogP contribution is 2.26. The molecular weight excluding hydrogens is 329 g/mol. The molecule has 0 aromatic heterocycles. The molecule has 0 aliphatic carbocycles. The molecule has 0 saturated heterocycles. The highest BCUT2D eigenvalue weighted by molar-refractivity contribution is 6.04. The first-order valence-corrected chi connectivity index (χ1v) is 7.12. The maximum absolute atomic E-state index is 13.6. The minimum atomic E-state index is -0.665. The van der Waals surface area contributed by atoms with E-state index in [1.54, 1.807) is 12.1 Å². The molecule has 0 spiro atoms. The number of non-ortho nitro benzene ring substituents is 1. The Kier molecular flexibility index (Phi) is 5.62. The number of ether oxygens (including phenoxy) is 1. The van der Waals surface area contributed by atoms with Crippen molar-refractivity contribution in [2.75, 3.05) is 7.11 Å². The van der Waals surface area contributed by atoms with Gasteiger partial charge in [0, 0.05) is 17.7 Å². The summed E-state index contributed by atoms with van der Waals surface area (Å²) in [6.45, 7) is 0. The zero-order valence-electron chi connectivity index (χ0n) is 13.2. The molecule has 0 amide bonds. The Labute approximate surface area is 142 Å². The first-order valence-electron chi connectivity index (χ1n) is 7.12. The number of nitro groups is 1. The number of nitro benzene ring substituents is 1. The standard InChI is InChI=1S/C18H14FNO5/c1-25-18-10-12(3-9-17(18)22)2-6-15(21)7-4-13-11-14(20(23)24)5-8-16(13)19/h2-11,22H,1H3/b6-2+,7-4+. The van der Waals surface area contributed by atoms with Gasteiger partial charge in [-0.3, -0.25) is 14.9 Å². The molecule has 0 saturated carbocycles. The molecule has 0 fully saturated rings. The number of benzene rings is 2. The summed E-state index contributed by atoms with van der Waals surface area (Å²) in [4.78, 5) is 21.9. The summed E-state index contributed by atoms with van der Waals surface area (Å²) in [6, 6.07) is 7.63. The topological polar surface area (TPSA) is 89.7 Å². The Hall–Kier alpha value is -3.48. The highest BCUT2D eigenvalue weighted by atomic mass is 19.1. The van der Waals surface area contributed by atoms with E-state index in [-0.39, 0.29) is 22.7 Å². The maximum atomic E-state index is 13.6. The van der Waals surface area contributed by atoms with Gasteiger partial charge in [-0.05, 0) is 42.0 Å². The van der Waals surface area contributed by atoms with Crippen molar-refractivity contribution >= 4 is 23.6 Å². The molecule has 0 atom stereocenters. The number of hydrogen-bond donors (Lipinski definition) is 1. The minimum Gasteiger partial charge on any atom is -0.504 e. The SMILES string of the molecule is COc1cc(/C=C/C(=O)/C=C/c2cc([N+](=O)[O-])ccc2F)ccc1O. The van der Waals surface area contributed by atoms with Gasteiger partial charge in [-0.15, -0.1) is 0 Å². The summed E-state index contributed by atoms with van der Waals surface area (Å²) in [7, 11) is 1.41. The van der Waals surface area contributed by atoms with Crippen molar-refractivity contribution in [3.05, 3.63) is 75.6 Å². The molecule has 0 aliphatic heterocycles. The highest BCUT2D eigenvalue weighted by Gasteiger charge is 2.08. The third kappa shape index (κ3) is 4.74. The summed E-state index contributed by atoms with van der Waals surface area (Å²) in [5, 5.41) is 20.2. The second kappa shape index (κ2) is 7.87. The lowest BCUT2D eigenvalue weighted by molar-refractivity contribution is -0.384. The first-order chi connectivity index (χ1) is 11.9. The van der Waals surface area contributed by atoms with Gasteiger partial charge >= 0.3 is 0 Å². The Morgan fingerprint density at radius 3 is 2.60 bits per heavy atom. The van der Waals surface area contributed by atoms with E-state index < -0.39 is 16.5 Å². The predicted octanol–water partition coefficient (Wildman–Crippen LogP) is 3.74. The number of ketones is 1. The van der Waals surface area contributed by atoms with Crippen molar-refractivity contribution in [1.29, 1.82) is 0 Å². The van der Waals surface area contributed by atoms with Crippen molar-refractivity contribution < 1.29 is 24.0 Å². The van der Waals surface area contributed by atoms with Crippen molar-refractivity contribution in [3.8, 4) is 11.5 Å². The van der Waals surface area contributed by atoms with Gasteiger partial charge in [-0.25, -0.2) is 4.39 Å². The van der Waals surface area contributed by atoms with Crippen LogP contribution in [0.4, 0.5) is 10.1 Å². The number of phenolic OH excluding ortho intramolecular Hbond substituents is 1. The van der Waals surface area contributed by atoms with Crippen molar-refractivity contribution in [3.63, 3.8) is 0 Å². The quantitative estimate of drug-likeness (QED) is 0.490. The van der Waals surface area contributed by atoms with Gasteiger partial charge < -0.3 is 9.84 Å². The van der Waals surface area contributed by atoms with E-state index in [0.29, 0.717) is 5.56 Å². The summed E-state index contributed by atoms with van der Waals surface area (Å²) < 4.78 is 18.6. The van der Waals surface area contributed by atoms with Crippen LogP contribution in [0.2, 0.25) is 0 Å². The fraction of sp³-hybridized carbons (Fsp3) is 0.0556. The lowest BCUT2D eigenvalue weighted by atomic mass is 10.1. The van der Waals surface area contributed by atoms with Crippen LogP contribution >= 0.6 is 0 Å². The number of nitrogens with zero attached hydrogens (tertiary/aromatic N) is 1. The van der Waals surface area contributed by atoms with Crippen LogP contribution in [0.1, 0.15) is 11.1 Å². The number of carbonyl (C=O) groups excluding carboxylic acids is 1. The molecule has 2 aromatic carbocycles. The Balaban J connectivity index is 2.13. The summed E-state index contributed by atoms with van der Waals surface area (Å²) in [5.74, 6) is -0.851. The second-order valence-corrected chi connectivity index (χ2v) is 4.96. The molecule has 2 aromatic rings. The van der Waals surface area contributed by atoms with Gasteiger partial charge in [0.15, 0.2) is 17.3 Å². The number of carbonyl (C=O) groups is 1. The summed E-state index contributed by atoms with van der Waals surface area (Å²) in [5.41, 5.74) is 0.306. The molecule has 7 heteroatoms. The average Bonchev–Trinajstić information content (AvgIpc) is 2.60. The molecular formula is C18H14FNO5. The van der Waals surface area contributed by atoms with Gasteiger partial charge in [-0.2, -0.15) is 0 Å². The molecule has 2 rings (SSSR count). The normalized spacial score (nSPS) is 11.1. The van der Waals surface area contributed by atoms with Gasteiger partial charge in [0.2, 0.25) is 0 Å². The van der Waals surface area contributed by atoms with Gasteiger partial charge in [0.05, 0.1) is 12.0 Å². The van der Waals surface area contributed by atoms with E-state index in [9.17, 15) is 24.4 Å². The zero-order valence-corrected chi connectivity index (χ0v) is 13.2. The van der Waals surface area contributed by atoms with Crippen LogP contribution in [0.25, 0.3) is 12.2 Å². The average molecular weight is 343 g/mol. The number of aromatic hydroxyl groups is 1. The first kappa shape index (κ1) is 17.9. The van der Waals surface area contributed by atoms with Crippen molar-refractivity contribution in [2.45, 2.75) is 0 Å². The largest absolute Gasteiger partial charge is 0.504 e. The number of hydrogen-bond acceptors (Lipinski definition) is 5. The third-order valence-electron chi connectivity index (χ3n) is 3.26. The minimum absolute atomic E-state index is 0.0213.